The van der Waals surface area contributed by atoms with E-state index in [2.05, 4.69) is 20.4 Å². The summed E-state index contributed by atoms with van der Waals surface area (Å²) in [6.07, 6.45) is -5.28. The quantitative estimate of drug-likeness (QED) is 0.519. The van der Waals surface area contributed by atoms with E-state index in [0.717, 1.165) is 18.5 Å². The number of nitrogens with zero attached hydrogens (tertiary/aromatic N) is 4. The van der Waals surface area contributed by atoms with Gasteiger partial charge >= 0.3 is 12.5 Å². The number of hydrogen-bond acceptors (Lipinski definition) is 5. The standard InChI is InChI=1S/C21H17F6N5O2/c22-20(23,24)17-12(9-32(31-17)21(25,26)27)18(33)29-13-2-1-3-15-16(13)30-19(34-15)11-6-7-28-14(8-11)10-4-5-10/h6-10,13H,1-5H2,(H,29,33)/t13-/m1/s1. The molecule has 1 atom stereocenters. The lowest BCUT2D eigenvalue weighted by Gasteiger charge is -2.21. The number of nitrogens with one attached hydrogen (secondary N) is 1. The number of oxazole rings is 1. The summed E-state index contributed by atoms with van der Waals surface area (Å²) >= 11 is 0. The highest BCUT2D eigenvalue weighted by atomic mass is 19.4. The summed E-state index contributed by atoms with van der Waals surface area (Å²) in [5.41, 5.74) is -1.19. The molecule has 13 heteroatoms. The molecule has 3 aromatic rings. The number of fused-ring (bicyclic) bond motifs is 1. The normalized spacial score (nSPS) is 18.6. The van der Waals surface area contributed by atoms with Crippen LogP contribution in [0.15, 0.2) is 28.9 Å². The van der Waals surface area contributed by atoms with Crippen LogP contribution in [0.4, 0.5) is 26.3 Å². The van der Waals surface area contributed by atoms with Gasteiger partial charge < -0.3 is 9.73 Å². The van der Waals surface area contributed by atoms with E-state index < -0.39 is 40.4 Å². The molecule has 34 heavy (non-hydrogen) atoms. The van der Waals surface area contributed by atoms with E-state index >= 15 is 0 Å². The summed E-state index contributed by atoms with van der Waals surface area (Å²) in [5, 5.41) is 4.93. The Bertz CT molecular complexity index is 1240. The van der Waals surface area contributed by atoms with Gasteiger partial charge in [0.15, 0.2) is 5.69 Å². The molecule has 2 aliphatic rings. The van der Waals surface area contributed by atoms with E-state index in [-0.39, 0.29) is 12.1 Å². The highest BCUT2D eigenvalue weighted by molar-refractivity contribution is 5.95. The molecular weight excluding hydrogens is 468 g/mol. The van der Waals surface area contributed by atoms with Gasteiger partial charge in [0.1, 0.15) is 11.5 Å². The second kappa shape index (κ2) is 7.84. The number of aromatic nitrogens is 4. The molecule has 1 amide bonds. The van der Waals surface area contributed by atoms with Crippen molar-refractivity contribution in [2.45, 2.75) is 56.5 Å². The third-order valence-electron chi connectivity index (χ3n) is 5.77. The Morgan fingerprint density at radius 2 is 1.91 bits per heavy atom. The summed E-state index contributed by atoms with van der Waals surface area (Å²) in [6, 6.07) is 2.76. The van der Waals surface area contributed by atoms with Crippen molar-refractivity contribution >= 4 is 5.91 Å². The maximum atomic E-state index is 13.3. The number of carbonyl (C=O) groups is 1. The number of amides is 1. The van der Waals surface area contributed by atoms with Crippen LogP contribution in [-0.2, 0) is 18.9 Å². The van der Waals surface area contributed by atoms with Crippen molar-refractivity contribution in [1.29, 1.82) is 0 Å². The molecule has 0 radical (unpaired) electrons. The van der Waals surface area contributed by atoms with Gasteiger partial charge in [0.2, 0.25) is 5.89 Å². The van der Waals surface area contributed by atoms with Crippen molar-refractivity contribution in [2.75, 3.05) is 0 Å². The molecule has 1 fully saturated rings. The zero-order chi connectivity index (χ0) is 24.3. The predicted octanol–water partition coefficient (Wildman–Crippen LogP) is 5.11. The van der Waals surface area contributed by atoms with Crippen LogP contribution in [0.5, 0.6) is 0 Å². The Morgan fingerprint density at radius 3 is 2.59 bits per heavy atom. The first-order valence-electron chi connectivity index (χ1n) is 10.5. The van der Waals surface area contributed by atoms with Gasteiger partial charge in [-0.2, -0.15) is 23.0 Å². The maximum absolute atomic E-state index is 13.3. The van der Waals surface area contributed by atoms with E-state index in [9.17, 15) is 31.1 Å². The summed E-state index contributed by atoms with van der Waals surface area (Å²) in [7, 11) is 0. The number of aryl methyl sites for hydroxylation is 1. The average Bonchev–Trinajstić information content (AvgIpc) is 3.33. The first-order chi connectivity index (χ1) is 16.0. The molecule has 0 spiro atoms. The van der Waals surface area contributed by atoms with Gasteiger partial charge in [-0.25, -0.2) is 4.98 Å². The molecule has 1 N–H and O–H groups in total. The van der Waals surface area contributed by atoms with Crippen molar-refractivity contribution in [2.24, 2.45) is 0 Å². The summed E-state index contributed by atoms with van der Waals surface area (Å²) in [6.45, 7) is 0. The number of pyridine rings is 1. The Balaban J connectivity index is 1.43. The molecule has 3 aromatic heterocycles. The number of hydrogen-bond donors (Lipinski definition) is 1. The zero-order valence-corrected chi connectivity index (χ0v) is 17.4. The third-order valence-corrected chi connectivity index (χ3v) is 5.77. The maximum Gasteiger partial charge on any atom is 0.504 e. The summed E-state index contributed by atoms with van der Waals surface area (Å²) < 4.78 is 83.5. The van der Waals surface area contributed by atoms with Gasteiger partial charge in [-0.3, -0.25) is 9.78 Å². The first kappa shape index (κ1) is 22.4. The van der Waals surface area contributed by atoms with Crippen LogP contribution in [0.2, 0.25) is 0 Å². The number of carbonyl (C=O) groups excluding carboxylic acids is 1. The van der Waals surface area contributed by atoms with Crippen molar-refractivity contribution < 1.29 is 35.6 Å². The van der Waals surface area contributed by atoms with Crippen LogP contribution in [0.1, 0.15) is 70.8 Å². The van der Waals surface area contributed by atoms with Crippen molar-refractivity contribution in [3.63, 3.8) is 0 Å². The van der Waals surface area contributed by atoms with Crippen molar-refractivity contribution in [1.82, 2.24) is 25.1 Å². The first-order valence-corrected chi connectivity index (χ1v) is 10.5. The third kappa shape index (κ3) is 4.26. The molecule has 180 valence electrons. The van der Waals surface area contributed by atoms with Gasteiger partial charge in [-0.1, -0.05) is 0 Å². The van der Waals surface area contributed by atoms with Crippen molar-refractivity contribution in [3.8, 4) is 11.5 Å². The minimum atomic E-state index is -5.25. The fraction of sp³-hybridized carbons (Fsp3) is 0.429. The molecule has 3 heterocycles. The van der Waals surface area contributed by atoms with Gasteiger partial charge in [-0.15, -0.1) is 13.2 Å². The molecule has 7 nitrogen and oxygen atoms in total. The molecule has 0 bridgehead atoms. The summed E-state index contributed by atoms with van der Waals surface area (Å²) in [4.78, 5) is 21.4. The minimum absolute atomic E-state index is 0.0342. The smallest absolute Gasteiger partial charge is 0.441 e. The molecule has 5 rings (SSSR count). The van der Waals surface area contributed by atoms with Crippen LogP contribution in [0.25, 0.3) is 11.5 Å². The van der Waals surface area contributed by atoms with Crippen LogP contribution in [-0.4, -0.2) is 25.7 Å². The van der Waals surface area contributed by atoms with Gasteiger partial charge in [0, 0.05) is 36.0 Å². The Labute approximate surface area is 188 Å². The molecule has 0 aliphatic heterocycles. The lowest BCUT2D eigenvalue weighted by atomic mass is 9.96. The summed E-state index contributed by atoms with van der Waals surface area (Å²) in [5.74, 6) is -0.170. The van der Waals surface area contributed by atoms with Gasteiger partial charge in [0.25, 0.3) is 5.91 Å². The second-order valence-corrected chi connectivity index (χ2v) is 8.29. The minimum Gasteiger partial charge on any atom is -0.441 e. The molecule has 2 aliphatic carbocycles. The number of halogens is 6. The van der Waals surface area contributed by atoms with Crippen LogP contribution < -0.4 is 5.32 Å². The monoisotopic (exact) mass is 485 g/mol. The second-order valence-electron chi connectivity index (χ2n) is 8.29. The Hall–Kier alpha value is -3.38. The lowest BCUT2D eigenvalue weighted by Crippen LogP contribution is -2.32. The van der Waals surface area contributed by atoms with E-state index in [1.807, 2.05) is 6.07 Å². The Morgan fingerprint density at radius 1 is 1.15 bits per heavy atom. The predicted molar refractivity (Wildman–Crippen MR) is 103 cm³/mol. The van der Waals surface area contributed by atoms with E-state index in [0.29, 0.717) is 42.2 Å². The lowest BCUT2D eigenvalue weighted by molar-refractivity contribution is -0.214. The molecular formula is C21H17F6N5O2. The largest absolute Gasteiger partial charge is 0.504 e. The van der Waals surface area contributed by atoms with Crippen molar-refractivity contribution in [3.05, 3.63) is 52.9 Å². The van der Waals surface area contributed by atoms with Crippen LogP contribution in [0.3, 0.4) is 0 Å². The average molecular weight is 485 g/mol. The molecule has 0 unspecified atom stereocenters. The molecule has 0 aromatic carbocycles. The number of alkyl halides is 6. The molecule has 1 saturated carbocycles. The highest BCUT2D eigenvalue weighted by Gasteiger charge is 2.43. The van der Waals surface area contributed by atoms with E-state index in [1.165, 1.54) is 0 Å². The fourth-order valence-electron chi connectivity index (χ4n) is 3.98. The Kier molecular flexibility index (Phi) is 5.17. The van der Waals surface area contributed by atoms with Gasteiger partial charge in [0.05, 0.1) is 11.6 Å². The number of rotatable bonds is 4. The zero-order valence-electron chi connectivity index (χ0n) is 17.4. The van der Waals surface area contributed by atoms with Crippen LogP contribution in [0, 0.1) is 0 Å². The topological polar surface area (TPSA) is 85.8 Å². The van der Waals surface area contributed by atoms with E-state index in [4.69, 9.17) is 4.42 Å². The highest BCUT2D eigenvalue weighted by Crippen LogP contribution is 2.40. The van der Waals surface area contributed by atoms with Crippen LogP contribution >= 0.6 is 0 Å². The van der Waals surface area contributed by atoms with E-state index in [1.54, 1.807) is 12.3 Å². The molecule has 0 saturated heterocycles. The fourth-order valence-corrected chi connectivity index (χ4v) is 3.98. The SMILES string of the molecule is O=C(N[C@@H]1CCCc2oc(-c3ccnc(C4CC4)c3)nc21)c1cn(C(F)(F)F)nc1C(F)(F)F. The van der Waals surface area contributed by atoms with Gasteiger partial charge in [-0.05, 0) is 37.8 Å².